The van der Waals surface area contributed by atoms with Crippen molar-refractivity contribution in [3.05, 3.63) is 379 Å². The molecular formula is C97H69N. The first-order valence-electron chi connectivity index (χ1n) is 34.5. The van der Waals surface area contributed by atoms with Crippen LogP contribution in [0.25, 0.3) is 150 Å². The first-order valence-corrected chi connectivity index (χ1v) is 34.5. The van der Waals surface area contributed by atoms with Crippen LogP contribution in [-0.2, 0) is 10.8 Å². The second-order valence-electron chi connectivity index (χ2n) is 28.4. The quantitative estimate of drug-likeness (QED) is 0.129. The van der Waals surface area contributed by atoms with E-state index in [0.717, 1.165) is 5.69 Å². The number of hydrogen-bond acceptors (Lipinski definition) is 0. The topological polar surface area (TPSA) is 4.93 Å². The van der Waals surface area contributed by atoms with Crippen molar-refractivity contribution in [3.8, 4) is 128 Å². The summed E-state index contributed by atoms with van der Waals surface area (Å²) in [6.45, 7) is 9.59. The van der Waals surface area contributed by atoms with Gasteiger partial charge in [-0.2, -0.15) is 0 Å². The summed E-state index contributed by atoms with van der Waals surface area (Å²) >= 11 is 0. The summed E-state index contributed by atoms with van der Waals surface area (Å²) in [4.78, 5) is 0. The van der Waals surface area contributed by atoms with Gasteiger partial charge in [0, 0.05) is 33.2 Å². The Hall–Kier alpha value is -11.9. The smallest absolute Gasteiger partial charge is 0.0544 e. The second kappa shape index (κ2) is 22.4. The molecular weight excluding hydrogens is 1180 g/mol. The molecule has 0 saturated carbocycles. The summed E-state index contributed by atoms with van der Waals surface area (Å²) in [5.41, 5.74) is 40.0. The van der Waals surface area contributed by atoms with Crippen molar-refractivity contribution >= 4 is 21.8 Å². The lowest BCUT2D eigenvalue weighted by molar-refractivity contribution is 0.659. The maximum Gasteiger partial charge on any atom is 0.0544 e. The molecule has 0 bridgehead atoms. The molecule has 1 atom stereocenters. The molecule has 15 aromatic carbocycles. The summed E-state index contributed by atoms with van der Waals surface area (Å²) in [6, 6.07) is 128. The van der Waals surface area contributed by atoms with Gasteiger partial charge in [-0.25, -0.2) is 0 Å². The van der Waals surface area contributed by atoms with Gasteiger partial charge in [0.25, 0.3) is 0 Å². The number of fused-ring (bicyclic) bond motifs is 12. The number of hydrogen-bond donors (Lipinski definition) is 0. The van der Waals surface area contributed by atoms with Crippen molar-refractivity contribution in [2.45, 2.75) is 44.4 Å². The monoisotopic (exact) mass is 1250 g/mol. The lowest BCUT2D eigenvalue weighted by Gasteiger charge is -2.23. The highest BCUT2D eigenvalue weighted by Crippen LogP contribution is 2.57. The predicted octanol–water partition coefficient (Wildman–Crippen LogP) is 25.9. The van der Waals surface area contributed by atoms with Gasteiger partial charge in [0.2, 0.25) is 0 Å². The van der Waals surface area contributed by atoms with E-state index in [0.29, 0.717) is 0 Å². The molecule has 1 aromatic heterocycles. The lowest BCUT2D eigenvalue weighted by Crippen LogP contribution is -2.15. The Morgan fingerprint density at radius 1 is 0.214 bits per heavy atom. The van der Waals surface area contributed by atoms with Crippen LogP contribution in [0.1, 0.15) is 72.6 Å². The van der Waals surface area contributed by atoms with Gasteiger partial charge in [0.05, 0.1) is 11.0 Å². The second-order valence-corrected chi connectivity index (χ2v) is 28.4. The van der Waals surface area contributed by atoms with Crippen LogP contribution in [0.5, 0.6) is 0 Å². The van der Waals surface area contributed by atoms with Crippen LogP contribution in [0.15, 0.2) is 340 Å². The van der Waals surface area contributed by atoms with E-state index in [1.165, 1.54) is 183 Å². The molecule has 1 heteroatoms. The molecule has 0 spiro atoms. The molecule has 3 aliphatic rings. The zero-order valence-corrected chi connectivity index (χ0v) is 55.4. The van der Waals surface area contributed by atoms with Gasteiger partial charge in [-0.3, -0.25) is 0 Å². The first-order chi connectivity index (χ1) is 48.1. The third-order valence-corrected chi connectivity index (χ3v) is 22.0. The van der Waals surface area contributed by atoms with Crippen LogP contribution in [-0.4, -0.2) is 4.57 Å². The lowest BCUT2D eigenvalue weighted by atomic mass is 9.80. The molecule has 98 heavy (non-hydrogen) atoms. The molecule has 0 N–H and O–H groups in total. The number of rotatable bonds is 10. The molecule has 0 amide bonds. The van der Waals surface area contributed by atoms with Gasteiger partial charge >= 0.3 is 0 Å². The fourth-order valence-electron chi connectivity index (χ4n) is 17.0. The molecule has 19 rings (SSSR count). The van der Waals surface area contributed by atoms with Crippen LogP contribution < -0.4 is 0 Å². The fourth-order valence-corrected chi connectivity index (χ4v) is 17.0. The maximum absolute atomic E-state index is 2.58. The minimum atomic E-state index is -0.161. The van der Waals surface area contributed by atoms with Crippen molar-refractivity contribution in [2.75, 3.05) is 0 Å². The van der Waals surface area contributed by atoms with Crippen LogP contribution >= 0.6 is 0 Å². The summed E-state index contributed by atoms with van der Waals surface area (Å²) in [5.74, 6) is 0.0457. The zero-order chi connectivity index (χ0) is 65.4. The Morgan fingerprint density at radius 3 is 1.14 bits per heavy atom. The zero-order valence-electron chi connectivity index (χ0n) is 55.4. The third kappa shape index (κ3) is 9.28. The van der Waals surface area contributed by atoms with Crippen molar-refractivity contribution < 1.29 is 0 Å². The van der Waals surface area contributed by atoms with Crippen LogP contribution in [0.4, 0.5) is 0 Å². The van der Waals surface area contributed by atoms with E-state index in [-0.39, 0.29) is 16.7 Å². The van der Waals surface area contributed by atoms with Crippen LogP contribution in [0, 0.1) is 0 Å². The molecule has 0 aliphatic heterocycles. The molecule has 0 saturated heterocycles. The average molecular weight is 1250 g/mol. The molecule has 1 unspecified atom stereocenters. The normalized spacial score (nSPS) is 14.2. The van der Waals surface area contributed by atoms with E-state index in [1.54, 1.807) is 0 Å². The molecule has 16 aromatic rings. The van der Waals surface area contributed by atoms with Crippen LogP contribution in [0.3, 0.4) is 0 Å². The predicted molar refractivity (Wildman–Crippen MR) is 412 cm³/mol. The third-order valence-electron chi connectivity index (χ3n) is 22.0. The number of nitrogens with zero attached hydrogens (tertiary/aromatic N) is 1. The Labute approximate surface area is 573 Å². The highest BCUT2D eigenvalue weighted by Gasteiger charge is 2.40. The van der Waals surface area contributed by atoms with E-state index < -0.39 is 0 Å². The number of aromatic nitrogens is 1. The Morgan fingerprint density at radius 2 is 0.602 bits per heavy atom. The van der Waals surface area contributed by atoms with Crippen molar-refractivity contribution in [2.24, 2.45) is 0 Å². The van der Waals surface area contributed by atoms with Gasteiger partial charge in [-0.15, -0.1) is 0 Å². The van der Waals surface area contributed by atoms with Crippen molar-refractivity contribution in [1.82, 2.24) is 4.57 Å². The minimum absolute atomic E-state index is 0.0457. The van der Waals surface area contributed by atoms with Gasteiger partial charge < -0.3 is 4.57 Å². The molecule has 1 heterocycles. The Kier molecular flexibility index (Phi) is 13.1. The minimum Gasteiger partial charge on any atom is -0.309 e. The molecule has 0 radical (unpaired) electrons. The van der Waals surface area contributed by atoms with E-state index in [9.17, 15) is 0 Å². The maximum atomic E-state index is 2.58. The van der Waals surface area contributed by atoms with E-state index in [1.807, 2.05) is 0 Å². The highest BCUT2D eigenvalue weighted by atomic mass is 15.0. The highest BCUT2D eigenvalue weighted by molar-refractivity contribution is 6.13. The Balaban J connectivity index is 0.715. The van der Waals surface area contributed by atoms with Gasteiger partial charge in [-0.1, -0.05) is 282 Å². The molecule has 462 valence electrons. The standard InChI is InChI=1S/C97H69N/c1-96(2)89-37-19-17-35-79(89)84-57-83-82-55-69(43-45-81(82)95(88(83)59-91(84)96)71-33-21-31-67(47-71)76-50-72(61-23-9-5-10-24-61)48-73(51-76)62-25-11-6-12-26-62)65-39-41-66(42-40-65)70-44-46-93-86(56-70)87-58-85-80-36-18-20-38-90(80)97(3,4)92(85)60-94(87)98(93)78-34-22-32-68(54-78)77-52-74(63-27-13-7-14-28-63)49-75(53-77)64-29-15-8-16-30-64/h5-60,95H,1-4H3. The summed E-state index contributed by atoms with van der Waals surface area (Å²) < 4.78 is 2.52. The SMILES string of the molecule is CC1(C)c2ccccc2-c2cc3c(cc21)C(c1cccc(-c2cc(-c4ccccc4)cc(-c4ccccc4)c2)c1)c1ccc(-c2ccc(-c4ccc5c(c4)c4cc6c(cc4n5-c4cccc(-c5cc(-c7ccccc7)cc(-c7ccccc7)c5)c4)C(C)(C)c4ccccc4-6)cc2)cc1-3. The summed E-state index contributed by atoms with van der Waals surface area (Å²) in [5, 5.41) is 2.49. The molecule has 0 fully saturated rings. The molecule has 1 nitrogen and oxygen atoms in total. The summed E-state index contributed by atoms with van der Waals surface area (Å²) in [7, 11) is 0. The molecule has 3 aliphatic carbocycles. The van der Waals surface area contributed by atoms with Gasteiger partial charge in [-0.05, 0) is 246 Å². The summed E-state index contributed by atoms with van der Waals surface area (Å²) in [6.07, 6.45) is 0. The van der Waals surface area contributed by atoms with Crippen LogP contribution in [0.2, 0.25) is 0 Å². The average Bonchev–Trinajstić information content (AvgIpc) is 1.56. The largest absolute Gasteiger partial charge is 0.309 e. The van der Waals surface area contributed by atoms with E-state index in [4.69, 9.17) is 0 Å². The fraction of sp³-hybridized carbons (Fsp3) is 0.0722. The van der Waals surface area contributed by atoms with Gasteiger partial charge in [0.15, 0.2) is 0 Å². The first kappa shape index (κ1) is 57.5. The van der Waals surface area contributed by atoms with Crippen molar-refractivity contribution in [3.63, 3.8) is 0 Å². The van der Waals surface area contributed by atoms with Crippen molar-refractivity contribution in [1.29, 1.82) is 0 Å². The number of benzene rings is 15. The van der Waals surface area contributed by atoms with E-state index in [2.05, 4.69) is 372 Å². The Bertz CT molecular complexity index is 5770. The van der Waals surface area contributed by atoms with E-state index >= 15 is 0 Å². The van der Waals surface area contributed by atoms with Gasteiger partial charge in [0.1, 0.15) is 0 Å².